The zero-order valence-electron chi connectivity index (χ0n) is 14.1. The van der Waals surface area contributed by atoms with Crippen LogP contribution in [0.1, 0.15) is 20.7 Å². The van der Waals surface area contributed by atoms with E-state index in [9.17, 15) is 14.4 Å². The van der Waals surface area contributed by atoms with Crippen molar-refractivity contribution in [3.05, 3.63) is 64.7 Å². The molecule has 2 aliphatic rings. The number of anilines is 1. The molecule has 8 heteroatoms. The molecule has 0 saturated heterocycles. The molecule has 27 heavy (non-hydrogen) atoms. The third-order valence-electron chi connectivity index (χ3n) is 4.31. The number of carbonyl (C=O) groups is 3. The van der Waals surface area contributed by atoms with Gasteiger partial charge in [-0.05, 0) is 24.3 Å². The van der Waals surface area contributed by atoms with Crippen LogP contribution in [-0.2, 0) is 4.79 Å². The van der Waals surface area contributed by atoms with E-state index in [2.05, 4.69) is 4.99 Å². The van der Waals surface area contributed by atoms with E-state index in [1.54, 1.807) is 48.5 Å². The summed E-state index contributed by atoms with van der Waals surface area (Å²) in [6.45, 7) is 0.293. The van der Waals surface area contributed by atoms with Crippen molar-refractivity contribution in [2.45, 2.75) is 0 Å². The minimum atomic E-state index is -0.288. The molecule has 2 heterocycles. The van der Waals surface area contributed by atoms with E-state index in [0.29, 0.717) is 32.8 Å². The molecule has 2 aromatic carbocycles. The van der Waals surface area contributed by atoms with Crippen molar-refractivity contribution in [1.29, 1.82) is 0 Å². The summed E-state index contributed by atoms with van der Waals surface area (Å²) in [4.78, 5) is 44.0. The lowest BCUT2D eigenvalue weighted by Gasteiger charge is -2.20. The van der Waals surface area contributed by atoms with Crippen LogP contribution >= 0.6 is 23.4 Å². The van der Waals surface area contributed by atoms with Gasteiger partial charge in [0.2, 0.25) is 0 Å². The molecule has 0 fully saturated rings. The first-order valence-corrected chi connectivity index (χ1v) is 9.64. The smallest absolute Gasteiger partial charge is 0.261 e. The third-order valence-corrected chi connectivity index (χ3v) is 5.58. The molecule has 6 nitrogen and oxygen atoms in total. The molecular weight excluding hydrogens is 386 g/mol. The van der Waals surface area contributed by atoms with Gasteiger partial charge >= 0.3 is 0 Å². The van der Waals surface area contributed by atoms with Crippen LogP contribution in [0.2, 0.25) is 5.02 Å². The van der Waals surface area contributed by atoms with Gasteiger partial charge in [-0.2, -0.15) is 0 Å². The maximum Gasteiger partial charge on any atom is 0.261 e. The van der Waals surface area contributed by atoms with Crippen LogP contribution in [0.3, 0.4) is 0 Å². The van der Waals surface area contributed by atoms with Crippen LogP contribution in [-0.4, -0.2) is 46.6 Å². The van der Waals surface area contributed by atoms with Crippen LogP contribution in [0.4, 0.5) is 5.69 Å². The standard InChI is InChI=1S/C19H14ClN3O3S/c20-14-7-3-4-8-15(14)23-16(24)11-21-19(23)27-10-9-22-17(25)12-5-1-2-6-13(12)18(22)26/h1-8H,9-11H2. The van der Waals surface area contributed by atoms with Gasteiger partial charge in [0.05, 0.1) is 21.8 Å². The minimum absolute atomic E-state index is 0.0561. The Labute approximate surface area is 164 Å². The highest BCUT2D eigenvalue weighted by Gasteiger charge is 2.35. The quantitative estimate of drug-likeness (QED) is 0.741. The zero-order chi connectivity index (χ0) is 19.0. The van der Waals surface area contributed by atoms with Gasteiger partial charge in [0.25, 0.3) is 17.7 Å². The average molecular weight is 400 g/mol. The van der Waals surface area contributed by atoms with E-state index in [-0.39, 0.29) is 30.8 Å². The van der Waals surface area contributed by atoms with E-state index in [1.165, 1.54) is 21.6 Å². The number of carbonyl (C=O) groups excluding carboxylic acids is 3. The van der Waals surface area contributed by atoms with Crippen LogP contribution < -0.4 is 4.90 Å². The molecule has 0 atom stereocenters. The molecule has 0 unspecified atom stereocenters. The van der Waals surface area contributed by atoms with Crippen molar-refractivity contribution in [2.75, 3.05) is 23.7 Å². The summed E-state index contributed by atoms with van der Waals surface area (Å²) < 4.78 is 0. The maximum atomic E-state index is 12.4. The van der Waals surface area contributed by atoms with Gasteiger partial charge in [0.15, 0.2) is 5.17 Å². The number of amidine groups is 1. The fourth-order valence-electron chi connectivity index (χ4n) is 3.03. The Morgan fingerprint density at radius 1 is 0.963 bits per heavy atom. The third kappa shape index (κ3) is 3.13. The normalized spacial score (nSPS) is 16.2. The molecule has 0 aliphatic carbocycles. The van der Waals surface area contributed by atoms with Gasteiger partial charge in [-0.25, -0.2) is 0 Å². The number of benzene rings is 2. The van der Waals surface area contributed by atoms with Crippen molar-refractivity contribution >= 4 is 51.9 Å². The topological polar surface area (TPSA) is 70.0 Å². The van der Waals surface area contributed by atoms with Gasteiger partial charge in [0, 0.05) is 12.3 Å². The van der Waals surface area contributed by atoms with Gasteiger partial charge in [0.1, 0.15) is 6.54 Å². The van der Waals surface area contributed by atoms with E-state index < -0.39 is 0 Å². The summed E-state index contributed by atoms with van der Waals surface area (Å²) in [5, 5.41) is 0.978. The zero-order valence-corrected chi connectivity index (χ0v) is 15.7. The number of nitrogens with zero attached hydrogens (tertiary/aromatic N) is 3. The minimum Gasteiger partial charge on any atom is -0.273 e. The summed E-state index contributed by atoms with van der Waals surface area (Å²) in [5.74, 6) is -0.308. The Bertz CT molecular complexity index is 957. The van der Waals surface area contributed by atoms with Gasteiger partial charge < -0.3 is 0 Å². The van der Waals surface area contributed by atoms with Crippen molar-refractivity contribution in [1.82, 2.24) is 4.90 Å². The van der Waals surface area contributed by atoms with Gasteiger partial charge in [-0.15, -0.1) is 0 Å². The fourth-order valence-corrected chi connectivity index (χ4v) is 4.20. The Morgan fingerprint density at radius 3 is 2.26 bits per heavy atom. The Morgan fingerprint density at radius 2 is 1.59 bits per heavy atom. The number of hydrogen-bond donors (Lipinski definition) is 0. The highest BCUT2D eigenvalue weighted by Crippen LogP contribution is 2.30. The van der Waals surface area contributed by atoms with Crippen molar-refractivity contribution in [2.24, 2.45) is 4.99 Å². The van der Waals surface area contributed by atoms with Crippen LogP contribution in [0.15, 0.2) is 53.5 Å². The Hall–Kier alpha value is -2.64. The number of thioether (sulfide) groups is 1. The van der Waals surface area contributed by atoms with Gasteiger partial charge in [-0.1, -0.05) is 47.6 Å². The molecule has 0 N–H and O–H groups in total. The molecule has 2 aromatic rings. The number of aliphatic imine (C=N–C) groups is 1. The number of rotatable bonds is 4. The summed E-state index contributed by atoms with van der Waals surface area (Å²) in [7, 11) is 0. The number of hydrogen-bond acceptors (Lipinski definition) is 5. The average Bonchev–Trinajstić information content (AvgIpc) is 3.15. The molecule has 0 aromatic heterocycles. The Balaban J connectivity index is 1.44. The van der Waals surface area contributed by atoms with E-state index in [0.717, 1.165) is 0 Å². The second-order valence-corrected chi connectivity index (χ2v) is 7.40. The van der Waals surface area contributed by atoms with Crippen molar-refractivity contribution in [3.63, 3.8) is 0 Å². The number of imide groups is 1. The lowest BCUT2D eigenvalue weighted by Crippen LogP contribution is -2.34. The molecule has 136 valence electrons. The SMILES string of the molecule is O=C1c2ccccc2C(=O)N1CCSC1=NCC(=O)N1c1ccccc1Cl. The molecule has 0 radical (unpaired) electrons. The highest BCUT2D eigenvalue weighted by molar-refractivity contribution is 8.14. The summed E-state index contributed by atoms with van der Waals surface area (Å²) in [6, 6.07) is 13.8. The molecule has 0 bridgehead atoms. The highest BCUT2D eigenvalue weighted by atomic mass is 35.5. The van der Waals surface area contributed by atoms with Crippen LogP contribution in [0.25, 0.3) is 0 Å². The summed E-state index contributed by atoms with van der Waals surface area (Å²) in [6.07, 6.45) is 0. The molecule has 3 amide bonds. The molecule has 4 rings (SSSR count). The lowest BCUT2D eigenvalue weighted by molar-refractivity contribution is -0.115. The fraction of sp³-hybridized carbons (Fsp3) is 0.158. The second-order valence-electron chi connectivity index (χ2n) is 5.94. The predicted molar refractivity (Wildman–Crippen MR) is 106 cm³/mol. The largest absolute Gasteiger partial charge is 0.273 e. The molecule has 0 spiro atoms. The van der Waals surface area contributed by atoms with Crippen LogP contribution in [0, 0.1) is 0 Å². The molecule has 2 aliphatic heterocycles. The lowest BCUT2D eigenvalue weighted by atomic mass is 10.1. The molecule has 0 saturated carbocycles. The first-order chi connectivity index (χ1) is 13.1. The number of para-hydroxylation sites is 1. The second kappa shape index (κ2) is 7.17. The molecular formula is C19H14ClN3O3S. The predicted octanol–water partition coefficient (Wildman–Crippen LogP) is 3.07. The van der Waals surface area contributed by atoms with Gasteiger partial charge in [-0.3, -0.25) is 29.2 Å². The summed E-state index contributed by atoms with van der Waals surface area (Å²) >= 11 is 7.53. The number of amides is 3. The Kier molecular flexibility index (Phi) is 4.72. The van der Waals surface area contributed by atoms with E-state index in [4.69, 9.17) is 11.6 Å². The van der Waals surface area contributed by atoms with Crippen molar-refractivity contribution < 1.29 is 14.4 Å². The number of fused-ring (bicyclic) bond motifs is 1. The monoisotopic (exact) mass is 399 g/mol. The summed E-state index contributed by atoms with van der Waals surface area (Å²) in [5.41, 5.74) is 1.44. The number of halogens is 1. The van der Waals surface area contributed by atoms with Crippen molar-refractivity contribution in [3.8, 4) is 0 Å². The van der Waals surface area contributed by atoms with E-state index >= 15 is 0 Å². The van der Waals surface area contributed by atoms with Crippen LogP contribution in [0.5, 0.6) is 0 Å². The first-order valence-electron chi connectivity index (χ1n) is 8.28. The van der Waals surface area contributed by atoms with E-state index in [1.807, 2.05) is 0 Å². The first kappa shape index (κ1) is 17.8. The maximum absolute atomic E-state index is 12.4.